The topological polar surface area (TPSA) is 140 Å². The Labute approximate surface area is 343 Å². The number of thioether (sulfide) groups is 4. The van der Waals surface area contributed by atoms with Gasteiger partial charge in [-0.25, -0.2) is 4.79 Å². The number of thiophene rings is 3. The molecule has 0 saturated heterocycles. The van der Waals surface area contributed by atoms with Gasteiger partial charge in [-0.15, -0.1) is 34.0 Å². The molecule has 3 aromatic heterocycles. The second-order valence-electron chi connectivity index (χ2n) is 11.7. The smallest absolute Gasteiger partial charge is 0.339 e. The molecule has 0 bridgehead atoms. The number of non-ortho nitro benzene ring substituents is 2. The number of carbonyl (C=O) groups is 1. The molecule has 0 atom stereocenters. The number of esters is 1. The molecule has 5 aromatic rings. The standard InChI is InChI=1S/C37H28N2O9S7/c1-2-45-9-10-46-11-12-47-13-14-48-34(40)25-19-21(39(43)44)18-24-28(25)22-8-7-20(38(41)42)17-23(22)29(24)35-54-36-37(55-35)53-33-31(27-6-4-16-50-27)51-30(32(33)52-36)26-5-3-15-49-26/h3-8,15-19H,2,9-14H2,1H3. The molecule has 0 radical (unpaired) electrons. The zero-order valence-corrected chi connectivity index (χ0v) is 34.4. The largest absolute Gasteiger partial charge is 0.460 e. The molecule has 0 unspecified atom stereocenters. The second kappa shape index (κ2) is 17.0. The Morgan fingerprint density at radius 1 is 0.655 bits per heavy atom. The van der Waals surface area contributed by atoms with Crippen LogP contribution in [-0.4, -0.2) is 62.1 Å². The first-order chi connectivity index (χ1) is 26.8. The summed E-state index contributed by atoms with van der Waals surface area (Å²) in [4.78, 5) is 44.2. The van der Waals surface area contributed by atoms with Crippen molar-refractivity contribution in [2.75, 3.05) is 46.2 Å². The normalized spacial score (nSPS) is 14.2. The van der Waals surface area contributed by atoms with E-state index in [0.29, 0.717) is 60.9 Å². The van der Waals surface area contributed by atoms with Crippen molar-refractivity contribution in [2.24, 2.45) is 0 Å². The summed E-state index contributed by atoms with van der Waals surface area (Å²) in [5.74, 6) is -0.756. The van der Waals surface area contributed by atoms with E-state index in [2.05, 4.69) is 35.0 Å². The highest BCUT2D eigenvalue weighted by molar-refractivity contribution is 8.41. The number of nitro benzene ring substituents is 2. The summed E-state index contributed by atoms with van der Waals surface area (Å²) in [6.07, 6.45) is 0. The number of hydrogen-bond acceptors (Lipinski definition) is 16. The van der Waals surface area contributed by atoms with Gasteiger partial charge in [0.1, 0.15) is 6.61 Å². The van der Waals surface area contributed by atoms with E-state index < -0.39 is 15.8 Å². The molecule has 8 rings (SSSR count). The first-order valence-corrected chi connectivity index (χ1v) is 22.6. The molecule has 55 heavy (non-hydrogen) atoms. The van der Waals surface area contributed by atoms with E-state index in [1.165, 1.54) is 53.6 Å². The van der Waals surface area contributed by atoms with Gasteiger partial charge < -0.3 is 18.9 Å². The van der Waals surface area contributed by atoms with Crippen LogP contribution >= 0.6 is 81.1 Å². The molecule has 3 aliphatic rings. The third kappa shape index (κ3) is 7.81. The first-order valence-electron chi connectivity index (χ1n) is 16.8. The Morgan fingerprint density at radius 2 is 1.24 bits per heavy atom. The molecular weight excluding hydrogens is 841 g/mol. The van der Waals surface area contributed by atoms with E-state index in [-0.39, 0.29) is 30.2 Å². The van der Waals surface area contributed by atoms with Crippen molar-refractivity contribution in [1.29, 1.82) is 0 Å². The molecule has 2 aliphatic heterocycles. The van der Waals surface area contributed by atoms with E-state index in [0.717, 1.165) is 12.7 Å². The molecule has 0 spiro atoms. The summed E-state index contributed by atoms with van der Waals surface area (Å²) in [6.45, 7) is 4.12. The van der Waals surface area contributed by atoms with Crippen LogP contribution in [0.3, 0.4) is 0 Å². The maximum atomic E-state index is 13.7. The minimum Gasteiger partial charge on any atom is -0.460 e. The molecule has 0 fully saturated rings. The summed E-state index contributed by atoms with van der Waals surface area (Å²) in [5.41, 5.74) is 2.20. The number of rotatable bonds is 15. The van der Waals surface area contributed by atoms with E-state index in [1.807, 2.05) is 6.92 Å². The third-order valence-corrected chi connectivity index (χ3v) is 17.7. The van der Waals surface area contributed by atoms with Gasteiger partial charge in [0.25, 0.3) is 11.4 Å². The number of ether oxygens (including phenoxy) is 4. The Balaban J connectivity index is 1.12. The lowest BCUT2D eigenvalue weighted by molar-refractivity contribution is -0.385. The Bertz CT molecular complexity index is 2300. The highest BCUT2D eigenvalue weighted by atomic mass is 32.3. The van der Waals surface area contributed by atoms with Crippen LogP contribution in [0.15, 0.2) is 87.9 Å². The lowest BCUT2D eigenvalue weighted by Crippen LogP contribution is -2.15. The predicted octanol–water partition coefficient (Wildman–Crippen LogP) is 11.4. The number of fused-ring (bicyclic) bond motifs is 4. The second-order valence-corrected chi connectivity index (χ2v) is 19.5. The van der Waals surface area contributed by atoms with Crippen LogP contribution in [0.5, 0.6) is 0 Å². The highest BCUT2D eigenvalue weighted by Gasteiger charge is 2.40. The van der Waals surface area contributed by atoms with Crippen LogP contribution in [-0.2, 0) is 18.9 Å². The van der Waals surface area contributed by atoms with Crippen molar-refractivity contribution in [3.05, 3.63) is 115 Å². The van der Waals surface area contributed by atoms with Crippen molar-refractivity contribution < 1.29 is 33.6 Å². The molecule has 11 nitrogen and oxygen atoms in total. The lowest BCUT2D eigenvalue weighted by atomic mass is 9.98. The summed E-state index contributed by atoms with van der Waals surface area (Å²) in [5, 5.41) is 28.5. The van der Waals surface area contributed by atoms with Crippen LogP contribution in [0.25, 0.3) is 36.2 Å². The maximum Gasteiger partial charge on any atom is 0.339 e. The SMILES string of the molecule is CCOCCOCCOCCOC(=O)c1cc([N+](=O)[O-])cc2c1-c1ccc([N+](=O)[O-])cc1C2=C1SC2=C(S1)Sc1c(-c3cccs3)sc(-c3cccs3)c1S2. The van der Waals surface area contributed by atoms with Crippen LogP contribution in [0, 0.1) is 20.2 Å². The molecular formula is C37H28N2O9S7. The number of carbonyl (C=O) groups excluding carboxylic acids is 1. The van der Waals surface area contributed by atoms with Gasteiger partial charge in [0.2, 0.25) is 0 Å². The van der Waals surface area contributed by atoms with Crippen LogP contribution in [0.4, 0.5) is 11.4 Å². The lowest BCUT2D eigenvalue weighted by Gasteiger charge is -2.14. The molecule has 0 N–H and O–H groups in total. The van der Waals surface area contributed by atoms with Crippen molar-refractivity contribution in [3.63, 3.8) is 0 Å². The summed E-state index contributed by atoms with van der Waals surface area (Å²) in [7, 11) is 0. The van der Waals surface area contributed by atoms with E-state index in [1.54, 1.807) is 87.1 Å². The van der Waals surface area contributed by atoms with Crippen molar-refractivity contribution in [1.82, 2.24) is 0 Å². The molecule has 5 heterocycles. The molecule has 0 saturated carbocycles. The fourth-order valence-electron chi connectivity index (χ4n) is 6.08. The highest BCUT2D eigenvalue weighted by Crippen LogP contribution is 2.70. The average molecular weight is 869 g/mol. The fraction of sp³-hybridized carbons (Fsp3) is 0.216. The monoisotopic (exact) mass is 868 g/mol. The summed E-state index contributed by atoms with van der Waals surface area (Å²) < 4.78 is 24.8. The van der Waals surface area contributed by atoms with Gasteiger partial charge >= 0.3 is 5.97 Å². The van der Waals surface area contributed by atoms with E-state index in [9.17, 15) is 25.0 Å². The zero-order chi connectivity index (χ0) is 38.1. The number of nitro groups is 2. The maximum absolute atomic E-state index is 13.7. The van der Waals surface area contributed by atoms with E-state index in [4.69, 9.17) is 18.9 Å². The van der Waals surface area contributed by atoms with Crippen LogP contribution < -0.4 is 0 Å². The first kappa shape index (κ1) is 38.4. The Hall–Kier alpha value is -3.43. The van der Waals surface area contributed by atoms with Gasteiger partial charge in [-0.3, -0.25) is 20.2 Å². The minimum atomic E-state index is -0.756. The molecule has 2 aromatic carbocycles. The summed E-state index contributed by atoms with van der Waals surface area (Å²) in [6, 6.07) is 15.5. The fourth-order valence-corrected chi connectivity index (χ4v) is 15.7. The van der Waals surface area contributed by atoms with Gasteiger partial charge in [-0.2, -0.15) is 0 Å². The molecule has 0 amide bonds. The number of nitrogens with zero attached hydrogens (tertiary/aromatic N) is 2. The van der Waals surface area contributed by atoms with Crippen molar-refractivity contribution >= 4 is 104 Å². The Morgan fingerprint density at radius 3 is 1.80 bits per heavy atom. The van der Waals surface area contributed by atoms with Gasteiger partial charge in [-0.05, 0) is 52.6 Å². The van der Waals surface area contributed by atoms with Crippen LogP contribution in [0.2, 0.25) is 0 Å². The zero-order valence-electron chi connectivity index (χ0n) is 28.7. The van der Waals surface area contributed by atoms with Gasteiger partial charge in [0.15, 0.2) is 0 Å². The van der Waals surface area contributed by atoms with Crippen molar-refractivity contribution in [2.45, 2.75) is 16.7 Å². The average Bonchev–Trinajstić information content (AvgIpc) is 4.03. The van der Waals surface area contributed by atoms with Gasteiger partial charge in [0.05, 0.1) is 70.9 Å². The van der Waals surface area contributed by atoms with E-state index >= 15 is 0 Å². The predicted molar refractivity (Wildman–Crippen MR) is 224 cm³/mol. The molecule has 18 heteroatoms. The number of hydrogen-bond donors (Lipinski definition) is 0. The van der Waals surface area contributed by atoms with Crippen molar-refractivity contribution in [3.8, 4) is 30.6 Å². The third-order valence-electron chi connectivity index (χ3n) is 8.43. The van der Waals surface area contributed by atoms with Crippen LogP contribution in [0.1, 0.15) is 28.4 Å². The minimum absolute atomic E-state index is 0.00618. The Kier molecular flexibility index (Phi) is 11.9. The molecule has 1 aliphatic carbocycles. The van der Waals surface area contributed by atoms with Gasteiger partial charge in [0, 0.05) is 61.6 Å². The quantitative estimate of drug-likeness (QED) is 0.0419. The number of benzene rings is 2. The van der Waals surface area contributed by atoms with Gasteiger partial charge in [-0.1, -0.05) is 59.2 Å². The summed E-state index contributed by atoms with van der Waals surface area (Å²) >= 11 is 11.7. The molecule has 282 valence electrons.